The highest BCUT2D eigenvalue weighted by molar-refractivity contribution is 14.0. The summed E-state index contributed by atoms with van der Waals surface area (Å²) < 4.78 is 24.8. The number of nitrogens with one attached hydrogen (secondary N) is 1. The van der Waals surface area contributed by atoms with Crippen LogP contribution in [0.5, 0.6) is 0 Å². The molecule has 1 aromatic carbocycles. The number of nitrogens with zero attached hydrogens (tertiary/aromatic N) is 2. The van der Waals surface area contributed by atoms with Crippen molar-refractivity contribution in [3.63, 3.8) is 0 Å². The summed E-state index contributed by atoms with van der Waals surface area (Å²) in [5, 5.41) is 13.5. The Morgan fingerprint density at radius 3 is 2.72 bits per heavy atom. The van der Waals surface area contributed by atoms with E-state index in [1.165, 1.54) is 25.0 Å². The summed E-state index contributed by atoms with van der Waals surface area (Å²) in [6.45, 7) is 7.45. The van der Waals surface area contributed by atoms with Crippen LogP contribution in [0.2, 0.25) is 0 Å². The summed E-state index contributed by atoms with van der Waals surface area (Å²) in [5.74, 6) is 1.19. The van der Waals surface area contributed by atoms with Crippen molar-refractivity contribution in [1.82, 2.24) is 10.2 Å². The standard InChI is InChI=1S/C21H32FN3O3.HI/c1-3-23-21(24-10-19(26)14-27-13-16-4-5-16)25-11-15(2)28-20(12-25)17-6-8-18(22)9-7-17;/h6-9,15-16,19-20,26H,3-5,10-14H2,1-2H3,(H,23,24);1H. The third-order valence-electron chi connectivity index (χ3n) is 4.95. The van der Waals surface area contributed by atoms with Crippen LogP contribution < -0.4 is 5.32 Å². The second kappa shape index (κ2) is 12.0. The van der Waals surface area contributed by atoms with Crippen LogP contribution in [0.3, 0.4) is 0 Å². The van der Waals surface area contributed by atoms with E-state index in [-0.39, 0.29) is 42.0 Å². The molecule has 1 aliphatic heterocycles. The molecule has 2 N–H and O–H groups in total. The summed E-state index contributed by atoms with van der Waals surface area (Å²) >= 11 is 0. The number of aliphatic imine (C=N–C) groups is 1. The van der Waals surface area contributed by atoms with Crippen LogP contribution in [-0.4, -0.2) is 67.6 Å². The zero-order valence-corrected chi connectivity index (χ0v) is 19.6. The first kappa shape index (κ1) is 24.3. The Labute approximate surface area is 189 Å². The van der Waals surface area contributed by atoms with Crippen LogP contribution in [0.25, 0.3) is 0 Å². The Hall–Kier alpha value is -0.970. The molecule has 0 amide bonds. The molecule has 1 heterocycles. The molecule has 29 heavy (non-hydrogen) atoms. The van der Waals surface area contributed by atoms with Crippen molar-refractivity contribution in [3.8, 4) is 0 Å². The lowest BCUT2D eigenvalue weighted by molar-refractivity contribution is -0.0605. The van der Waals surface area contributed by atoms with Gasteiger partial charge in [-0.1, -0.05) is 12.1 Å². The van der Waals surface area contributed by atoms with Crippen molar-refractivity contribution in [3.05, 3.63) is 35.6 Å². The van der Waals surface area contributed by atoms with Gasteiger partial charge in [0.05, 0.1) is 31.9 Å². The van der Waals surface area contributed by atoms with Crippen LogP contribution in [0, 0.1) is 11.7 Å². The lowest BCUT2D eigenvalue weighted by Crippen LogP contribution is -2.51. The monoisotopic (exact) mass is 521 g/mol. The van der Waals surface area contributed by atoms with Crippen molar-refractivity contribution < 1.29 is 19.0 Å². The van der Waals surface area contributed by atoms with E-state index in [9.17, 15) is 9.50 Å². The van der Waals surface area contributed by atoms with Gasteiger partial charge in [0.25, 0.3) is 0 Å². The highest BCUT2D eigenvalue weighted by atomic mass is 127. The normalized spacial score (nSPS) is 23.4. The van der Waals surface area contributed by atoms with Crippen LogP contribution in [0.4, 0.5) is 4.39 Å². The lowest BCUT2D eigenvalue weighted by atomic mass is 10.1. The van der Waals surface area contributed by atoms with Gasteiger partial charge in [-0.15, -0.1) is 24.0 Å². The third-order valence-corrected chi connectivity index (χ3v) is 4.95. The van der Waals surface area contributed by atoms with Gasteiger partial charge in [-0.25, -0.2) is 4.39 Å². The average molecular weight is 521 g/mol. The molecule has 3 rings (SSSR count). The molecule has 3 atom stereocenters. The number of ether oxygens (including phenoxy) is 2. The fourth-order valence-corrected chi connectivity index (χ4v) is 3.31. The number of halogens is 2. The van der Waals surface area contributed by atoms with E-state index in [1.54, 1.807) is 12.1 Å². The van der Waals surface area contributed by atoms with Gasteiger partial charge in [-0.2, -0.15) is 0 Å². The van der Waals surface area contributed by atoms with E-state index in [0.29, 0.717) is 32.2 Å². The number of aliphatic hydroxyl groups excluding tert-OH is 1. The molecule has 1 aromatic rings. The first-order valence-electron chi connectivity index (χ1n) is 10.2. The van der Waals surface area contributed by atoms with Gasteiger partial charge in [0.1, 0.15) is 11.9 Å². The molecule has 2 aliphatic rings. The molecule has 8 heteroatoms. The molecule has 0 aromatic heterocycles. The highest BCUT2D eigenvalue weighted by Gasteiger charge is 2.28. The van der Waals surface area contributed by atoms with Crippen LogP contribution in [0.15, 0.2) is 29.3 Å². The first-order chi connectivity index (χ1) is 13.5. The second-order valence-corrected chi connectivity index (χ2v) is 7.72. The molecule has 164 valence electrons. The molecular formula is C21H33FIN3O3. The molecule has 0 radical (unpaired) electrons. The minimum absolute atomic E-state index is 0. The topological polar surface area (TPSA) is 66.3 Å². The summed E-state index contributed by atoms with van der Waals surface area (Å²) in [7, 11) is 0. The van der Waals surface area contributed by atoms with Gasteiger partial charge in [-0.3, -0.25) is 4.99 Å². The zero-order chi connectivity index (χ0) is 19.9. The molecule has 2 fully saturated rings. The number of hydrogen-bond donors (Lipinski definition) is 2. The van der Waals surface area contributed by atoms with Gasteiger partial charge in [0.15, 0.2) is 5.96 Å². The fourth-order valence-electron chi connectivity index (χ4n) is 3.31. The van der Waals surface area contributed by atoms with Gasteiger partial charge < -0.3 is 24.8 Å². The maximum atomic E-state index is 13.2. The van der Waals surface area contributed by atoms with E-state index in [0.717, 1.165) is 24.7 Å². The molecular weight excluding hydrogens is 488 g/mol. The van der Waals surface area contributed by atoms with E-state index in [1.807, 2.05) is 13.8 Å². The number of aliphatic hydroxyl groups is 1. The Kier molecular flexibility index (Phi) is 10.1. The fraction of sp³-hybridized carbons (Fsp3) is 0.667. The molecule has 1 saturated heterocycles. The molecule has 0 bridgehead atoms. The second-order valence-electron chi connectivity index (χ2n) is 7.72. The summed E-state index contributed by atoms with van der Waals surface area (Å²) in [4.78, 5) is 6.76. The van der Waals surface area contributed by atoms with Crippen LogP contribution >= 0.6 is 24.0 Å². The summed E-state index contributed by atoms with van der Waals surface area (Å²) in [6, 6.07) is 6.45. The van der Waals surface area contributed by atoms with E-state index in [4.69, 9.17) is 9.47 Å². The largest absolute Gasteiger partial charge is 0.389 e. The minimum atomic E-state index is -0.612. The van der Waals surface area contributed by atoms with Gasteiger partial charge >= 0.3 is 0 Å². The average Bonchev–Trinajstić information content (AvgIpc) is 3.49. The third kappa shape index (κ3) is 7.99. The quantitative estimate of drug-likeness (QED) is 0.313. The Bertz CT molecular complexity index is 643. The van der Waals surface area contributed by atoms with Crippen molar-refractivity contribution in [2.24, 2.45) is 10.9 Å². The molecule has 3 unspecified atom stereocenters. The predicted octanol–water partition coefficient (Wildman–Crippen LogP) is 2.96. The van der Waals surface area contributed by atoms with Gasteiger partial charge in [0.2, 0.25) is 0 Å². The minimum Gasteiger partial charge on any atom is -0.389 e. The maximum absolute atomic E-state index is 13.2. The van der Waals surface area contributed by atoms with E-state index >= 15 is 0 Å². The SMILES string of the molecule is CCNC(=NCC(O)COCC1CC1)N1CC(C)OC(c2ccc(F)cc2)C1.I. The maximum Gasteiger partial charge on any atom is 0.194 e. The first-order valence-corrected chi connectivity index (χ1v) is 10.2. The smallest absolute Gasteiger partial charge is 0.194 e. The molecule has 6 nitrogen and oxygen atoms in total. The molecule has 1 saturated carbocycles. The molecule has 0 spiro atoms. The lowest BCUT2D eigenvalue weighted by Gasteiger charge is -2.38. The van der Waals surface area contributed by atoms with Gasteiger partial charge in [-0.05, 0) is 50.3 Å². The van der Waals surface area contributed by atoms with E-state index < -0.39 is 6.10 Å². The van der Waals surface area contributed by atoms with Crippen molar-refractivity contribution >= 4 is 29.9 Å². The number of morpholine rings is 1. The predicted molar refractivity (Wildman–Crippen MR) is 122 cm³/mol. The number of hydrogen-bond acceptors (Lipinski definition) is 4. The number of rotatable bonds is 8. The zero-order valence-electron chi connectivity index (χ0n) is 17.2. The summed E-state index contributed by atoms with van der Waals surface area (Å²) in [6.07, 6.45) is 1.73. The van der Waals surface area contributed by atoms with Gasteiger partial charge in [0, 0.05) is 19.7 Å². The van der Waals surface area contributed by atoms with Crippen LogP contribution in [0.1, 0.15) is 38.4 Å². The summed E-state index contributed by atoms with van der Waals surface area (Å²) in [5.41, 5.74) is 0.947. The Morgan fingerprint density at radius 1 is 1.34 bits per heavy atom. The Morgan fingerprint density at radius 2 is 2.07 bits per heavy atom. The highest BCUT2D eigenvalue weighted by Crippen LogP contribution is 2.28. The van der Waals surface area contributed by atoms with Crippen molar-refractivity contribution in [2.45, 2.75) is 45.0 Å². The number of benzene rings is 1. The number of guanidine groups is 1. The van der Waals surface area contributed by atoms with E-state index in [2.05, 4.69) is 15.2 Å². The Balaban J connectivity index is 0.00000300. The van der Waals surface area contributed by atoms with Crippen LogP contribution in [-0.2, 0) is 9.47 Å². The molecule has 1 aliphatic carbocycles. The van der Waals surface area contributed by atoms with Crippen molar-refractivity contribution in [2.75, 3.05) is 39.4 Å². The van der Waals surface area contributed by atoms with Crippen molar-refractivity contribution in [1.29, 1.82) is 0 Å².